The summed E-state index contributed by atoms with van der Waals surface area (Å²) >= 11 is 0. The van der Waals surface area contributed by atoms with Crippen molar-refractivity contribution in [1.82, 2.24) is 5.32 Å². The van der Waals surface area contributed by atoms with Crippen molar-refractivity contribution in [2.75, 3.05) is 0 Å². The summed E-state index contributed by atoms with van der Waals surface area (Å²) in [6.07, 6.45) is 0. The van der Waals surface area contributed by atoms with Crippen LogP contribution in [-0.2, 0) is 11.1 Å². The number of hydrogen-bond acceptors (Lipinski definition) is 2. The second kappa shape index (κ2) is 6.76. The van der Waals surface area contributed by atoms with Gasteiger partial charge in [-0.25, -0.2) is 0 Å². The molecule has 22 heavy (non-hydrogen) atoms. The molecule has 5 heteroatoms. The van der Waals surface area contributed by atoms with E-state index in [2.05, 4.69) is 5.32 Å². The lowest BCUT2D eigenvalue weighted by atomic mass is 10.1. The Bertz CT molecular complexity index is 692. The molecule has 0 saturated carbocycles. The van der Waals surface area contributed by atoms with Gasteiger partial charge in [0.25, 0.3) is 0 Å². The maximum atomic E-state index is 11.9. The molecule has 0 aliphatic rings. The molecule has 0 aliphatic carbocycles. The highest BCUT2D eigenvalue weighted by Crippen LogP contribution is 2.50. The summed E-state index contributed by atoms with van der Waals surface area (Å²) in [5.74, 6) is -0.991. The number of aryl methyl sites for hydroxylation is 3. The molecule has 4 nitrogen and oxygen atoms in total. The van der Waals surface area contributed by atoms with Crippen LogP contribution in [0.25, 0.3) is 0 Å². The molecule has 2 rings (SSSR count). The molecule has 1 unspecified atom stereocenters. The van der Waals surface area contributed by atoms with Crippen LogP contribution >= 0.6 is 7.60 Å². The van der Waals surface area contributed by atoms with E-state index < -0.39 is 13.4 Å². The SMILES string of the molecule is Cc1ccc(CNC(c2ccc(C)cc2C)P(=O)(O)O)cc1. The van der Waals surface area contributed by atoms with Crippen molar-refractivity contribution >= 4 is 7.60 Å². The number of benzene rings is 2. The van der Waals surface area contributed by atoms with Crippen molar-refractivity contribution in [3.63, 3.8) is 0 Å². The average Bonchev–Trinajstić information content (AvgIpc) is 2.42. The highest BCUT2D eigenvalue weighted by molar-refractivity contribution is 7.52. The summed E-state index contributed by atoms with van der Waals surface area (Å²) in [4.78, 5) is 19.4. The maximum absolute atomic E-state index is 11.9. The first-order chi connectivity index (χ1) is 10.3. The fourth-order valence-corrected chi connectivity index (χ4v) is 3.44. The Kier molecular flexibility index (Phi) is 5.20. The number of nitrogens with one attached hydrogen (secondary N) is 1. The first-order valence-electron chi connectivity index (χ1n) is 7.18. The van der Waals surface area contributed by atoms with Crippen molar-refractivity contribution in [1.29, 1.82) is 0 Å². The van der Waals surface area contributed by atoms with Gasteiger partial charge < -0.3 is 9.79 Å². The molecule has 3 N–H and O–H groups in total. The average molecular weight is 319 g/mol. The number of hydrogen-bond donors (Lipinski definition) is 3. The lowest BCUT2D eigenvalue weighted by molar-refractivity contribution is 0.347. The Balaban J connectivity index is 2.24. The van der Waals surface area contributed by atoms with Gasteiger partial charge in [0.15, 0.2) is 0 Å². The summed E-state index contributed by atoms with van der Waals surface area (Å²) in [5, 5.41) is 3.01. The Hall–Kier alpha value is -1.45. The largest absolute Gasteiger partial charge is 0.346 e. The molecule has 0 radical (unpaired) electrons. The van der Waals surface area contributed by atoms with E-state index in [1.54, 1.807) is 6.07 Å². The molecule has 2 aromatic carbocycles. The van der Waals surface area contributed by atoms with E-state index in [1.165, 1.54) is 0 Å². The van der Waals surface area contributed by atoms with Gasteiger partial charge in [0.1, 0.15) is 5.78 Å². The van der Waals surface area contributed by atoms with Crippen LogP contribution in [0.15, 0.2) is 42.5 Å². The van der Waals surface area contributed by atoms with Gasteiger partial charge in [0.05, 0.1) is 0 Å². The fraction of sp³-hybridized carbons (Fsp3) is 0.294. The minimum Gasteiger partial charge on any atom is -0.323 e. The van der Waals surface area contributed by atoms with Gasteiger partial charge in [-0.05, 0) is 37.5 Å². The quantitative estimate of drug-likeness (QED) is 0.737. The zero-order valence-corrected chi connectivity index (χ0v) is 14.0. The number of rotatable bonds is 5. The van der Waals surface area contributed by atoms with Crippen LogP contribution in [0.3, 0.4) is 0 Å². The third-order valence-electron chi connectivity index (χ3n) is 3.68. The monoisotopic (exact) mass is 319 g/mol. The van der Waals surface area contributed by atoms with Crippen LogP contribution in [0.4, 0.5) is 0 Å². The Labute approximate surface area is 131 Å². The third-order valence-corrected chi connectivity index (χ3v) is 4.81. The third kappa shape index (κ3) is 4.28. The molecule has 0 amide bonds. The first kappa shape index (κ1) is 16.9. The van der Waals surface area contributed by atoms with Crippen LogP contribution in [-0.4, -0.2) is 9.79 Å². The van der Waals surface area contributed by atoms with E-state index in [4.69, 9.17) is 0 Å². The predicted octanol–water partition coefficient (Wildman–Crippen LogP) is 3.58. The Morgan fingerprint density at radius 2 is 1.59 bits per heavy atom. The summed E-state index contributed by atoms with van der Waals surface area (Å²) in [7, 11) is -4.30. The smallest absolute Gasteiger partial charge is 0.323 e. The highest BCUT2D eigenvalue weighted by Gasteiger charge is 2.31. The molecule has 118 valence electrons. The molecule has 0 aromatic heterocycles. The molecule has 0 saturated heterocycles. The molecular weight excluding hydrogens is 297 g/mol. The van der Waals surface area contributed by atoms with Gasteiger partial charge in [0, 0.05) is 6.54 Å². The topological polar surface area (TPSA) is 69.6 Å². The van der Waals surface area contributed by atoms with Crippen LogP contribution in [0.1, 0.15) is 33.6 Å². The minimum atomic E-state index is -4.30. The van der Waals surface area contributed by atoms with Crippen LogP contribution in [0, 0.1) is 20.8 Å². The van der Waals surface area contributed by atoms with Crippen molar-refractivity contribution in [2.24, 2.45) is 0 Å². The van der Waals surface area contributed by atoms with Gasteiger partial charge in [-0.1, -0.05) is 53.6 Å². The van der Waals surface area contributed by atoms with Crippen LogP contribution in [0.2, 0.25) is 0 Å². The van der Waals surface area contributed by atoms with E-state index in [-0.39, 0.29) is 0 Å². The molecule has 0 bridgehead atoms. The standard InChI is InChI=1S/C17H22NO3P/c1-12-4-7-15(8-5-12)11-18-17(22(19,20)21)16-9-6-13(2)10-14(16)3/h4-10,17-18H,11H2,1-3H3,(H2,19,20,21). The van der Waals surface area contributed by atoms with E-state index in [1.807, 2.05) is 57.2 Å². The summed E-state index contributed by atoms with van der Waals surface area (Å²) in [6, 6.07) is 13.5. The second-order valence-corrected chi connectivity index (χ2v) is 7.41. The maximum Gasteiger partial charge on any atom is 0.346 e. The van der Waals surface area contributed by atoms with E-state index in [0.717, 1.165) is 22.3 Å². The lowest BCUT2D eigenvalue weighted by Gasteiger charge is -2.22. The van der Waals surface area contributed by atoms with Crippen LogP contribution in [0.5, 0.6) is 0 Å². The van der Waals surface area contributed by atoms with Crippen molar-refractivity contribution in [2.45, 2.75) is 33.1 Å². The molecule has 0 spiro atoms. The summed E-state index contributed by atoms with van der Waals surface area (Å²) in [5.41, 5.74) is 4.75. The van der Waals surface area contributed by atoms with Crippen LogP contribution < -0.4 is 5.32 Å². The fourth-order valence-electron chi connectivity index (χ4n) is 2.46. The summed E-state index contributed by atoms with van der Waals surface area (Å²) < 4.78 is 11.9. The lowest BCUT2D eigenvalue weighted by Crippen LogP contribution is -2.22. The summed E-state index contributed by atoms with van der Waals surface area (Å²) in [6.45, 7) is 6.25. The van der Waals surface area contributed by atoms with Crippen molar-refractivity contribution in [3.8, 4) is 0 Å². The molecular formula is C17H22NO3P. The van der Waals surface area contributed by atoms with E-state index in [0.29, 0.717) is 12.1 Å². The normalized spacial score (nSPS) is 13.1. The molecule has 0 fully saturated rings. The van der Waals surface area contributed by atoms with Gasteiger partial charge in [-0.2, -0.15) is 0 Å². The van der Waals surface area contributed by atoms with Crippen molar-refractivity contribution in [3.05, 3.63) is 70.3 Å². The van der Waals surface area contributed by atoms with Crippen molar-refractivity contribution < 1.29 is 14.4 Å². The molecule has 2 aromatic rings. The molecule has 1 atom stereocenters. The zero-order chi connectivity index (χ0) is 16.3. The van der Waals surface area contributed by atoms with E-state index in [9.17, 15) is 14.4 Å². The second-order valence-electron chi connectivity index (χ2n) is 5.72. The first-order valence-corrected chi connectivity index (χ1v) is 8.87. The van der Waals surface area contributed by atoms with E-state index >= 15 is 0 Å². The van der Waals surface area contributed by atoms with Gasteiger partial charge in [-0.3, -0.25) is 9.88 Å². The zero-order valence-electron chi connectivity index (χ0n) is 13.1. The predicted molar refractivity (Wildman–Crippen MR) is 88.7 cm³/mol. The van der Waals surface area contributed by atoms with Gasteiger partial charge in [-0.15, -0.1) is 0 Å². The molecule has 0 aliphatic heterocycles. The molecule has 0 heterocycles. The Morgan fingerprint density at radius 3 is 2.14 bits per heavy atom. The van der Waals surface area contributed by atoms with Gasteiger partial charge in [0.2, 0.25) is 0 Å². The minimum absolute atomic E-state index is 0.406. The highest BCUT2D eigenvalue weighted by atomic mass is 31.2. The van der Waals surface area contributed by atoms with Gasteiger partial charge >= 0.3 is 7.60 Å². The Morgan fingerprint density at radius 1 is 1.00 bits per heavy atom.